The van der Waals surface area contributed by atoms with Crippen molar-refractivity contribution in [3.63, 3.8) is 0 Å². The Morgan fingerprint density at radius 2 is 1.95 bits per heavy atom. The van der Waals surface area contributed by atoms with Gasteiger partial charge in [0, 0.05) is 56.8 Å². The van der Waals surface area contributed by atoms with Crippen molar-refractivity contribution >= 4 is 17.3 Å². The maximum absolute atomic E-state index is 5.00. The Kier molecular flexibility index (Phi) is 8.86. The smallest absolute Gasteiger partial charge is 0.228 e. The molecule has 2 atom stereocenters. The highest BCUT2D eigenvalue weighted by atomic mass is 15.3. The van der Waals surface area contributed by atoms with E-state index in [0.29, 0.717) is 17.8 Å². The molecule has 0 bridgehead atoms. The van der Waals surface area contributed by atoms with Crippen molar-refractivity contribution in [3.8, 4) is 11.3 Å². The number of allylic oxidation sites excluding steroid dienone is 1. The van der Waals surface area contributed by atoms with Gasteiger partial charge in [0.15, 0.2) is 5.82 Å². The summed E-state index contributed by atoms with van der Waals surface area (Å²) in [6.07, 6.45) is 11.0. The summed E-state index contributed by atoms with van der Waals surface area (Å²) in [6, 6.07) is 11.0. The standard InChI is InChI=1S/C33H44N8/c1-7-16-34-21-27(23(5)22(4)8-2)25-12-10-11-24(18-25)19-29-31-28(38-40(29)6)14-13-26-20-35-33(37-32(26)31)36-30-15-17-41(9-3)39-30/h10-12,15,17-18,20-23,34H,7-9,13-14,16,19H2,1-6H3,(H,35,36,37,39)/b27-21+. The summed E-state index contributed by atoms with van der Waals surface area (Å²) in [4.78, 5) is 9.60. The molecule has 3 heterocycles. The minimum Gasteiger partial charge on any atom is -0.391 e. The van der Waals surface area contributed by atoms with Crippen LogP contribution in [0.5, 0.6) is 0 Å². The molecule has 0 spiro atoms. The molecule has 3 aromatic heterocycles. The van der Waals surface area contributed by atoms with E-state index >= 15 is 0 Å². The van der Waals surface area contributed by atoms with E-state index in [-0.39, 0.29) is 0 Å². The van der Waals surface area contributed by atoms with Crippen molar-refractivity contribution in [1.82, 2.24) is 34.8 Å². The molecule has 0 aliphatic heterocycles. The van der Waals surface area contributed by atoms with Crippen LogP contribution in [0.2, 0.25) is 0 Å². The Labute approximate surface area is 244 Å². The van der Waals surface area contributed by atoms with Crippen LogP contribution in [0.3, 0.4) is 0 Å². The number of aromatic nitrogens is 6. The summed E-state index contributed by atoms with van der Waals surface area (Å²) in [5.74, 6) is 2.37. The molecule has 1 aliphatic carbocycles. The molecule has 1 aromatic carbocycles. The normalized spacial score (nSPS) is 14.3. The van der Waals surface area contributed by atoms with Gasteiger partial charge in [-0.05, 0) is 60.3 Å². The largest absolute Gasteiger partial charge is 0.391 e. The average Bonchev–Trinajstić information content (AvgIpc) is 3.58. The molecule has 0 saturated carbocycles. The lowest BCUT2D eigenvalue weighted by molar-refractivity contribution is 0.456. The first-order valence-corrected chi connectivity index (χ1v) is 15.2. The van der Waals surface area contributed by atoms with Crippen LogP contribution in [0.4, 0.5) is 11.8 Å². The van der Waals surface area contributed by atoms with E-state index in [2.05, 4.69) is 92.8 Å². The van der Waals surface area contributed by atoms with E-state index < -0.39 is 0 Å². The van der Waals surface area contributed by atoms with Crippen molar-refractivity contribution in [2.75, 3.05) is 11.9 Å². The van der Waals surface area contributed by atoms with Crippen LogP contribution in [0.15, 0.2) is 48.9 Å². The summed E-state index contributed by atoms with van der Waals surface area (Å²) in [5, 5.41) is 16.3. The minimum atomic E-state index is 0.460. The van der Waals surface area contributed by atoms with Gasteiger partial charge in [0.2, 0.25) is 5.95 Å². The lowest BCUT2D eigenvalue weighted by Crippen LogP contribution is -2.14. The van der Waals surface area contributed by atoms with E-state index in [0.717, 1.165) is 68.0 Å². The third-order valence-corrected chi connectivity index (χ3v) is 8.45. The Hall–Kier alpha value is -3.94. The lowest BCUT2D eigenvalue weighted by atomic mass is 9.83. The molecule has 5 rings (SSSR count). The average molecular weight is 553 g/mol. The molecule has 8 heteroatoms. The first-order valence-electron chi connectivity index (χ1n) is 15.2. The van der Waals surface area contributed by atoms with Crippen LogP contribution in [-0.2, 0) is 32.9 Å². The summed E-state index contributed by atoms with van der Waals surface area (Å²) in [6.45, 7) is 13.1. The predicted molar refractivity (Wildman–Crippen MR) is 167 cm³/mol. The van der Waals surface area contributed by atoms with E-state index in [1.165, 1.54) is 28.0 Å². The summed E-state index contributed by atoms with van der Waals surface area (Å²) >= 11 is 0. The first kappa shape index (κ1) is 28.6. The van der Waals surface area contributed by atoms with Crippen molar-refractivity contribution in [1.29, 1.82) is 0 Å². The molecule has 0 fully saturated rings. The van der Waals surface area contributed by atoms with E-state index in [4.69, 9.17) is 10.1 Å². The molecule has 216 valence electrons. The maximum Gasteiger partial charge on any atom is 0.228 e. The zero-order valence-electron chi connectivity index (χ0n) is 25.4. The van der Waals surface area contributed by atoms with Gasteiger partial charge in [0.25, 0.3) is 0 Å². The molecule has 8 nitrogen and oxygen atoms in total. The number of benzene rings is 1. The van der Waals surface area contributed by atoms with E-state index in [9.17, 15) is 0 Å². The molecule has 41 heavy (non-hydrogen) atoms. The number of hydrogen-bond donors (Lipinski definition) is 2. The van der Waals surface area contributed by atoms with Crippen LogP contribution in [0, 0.1) is 11.8 Å². The monoisotopic (exact) mass is 552 g/mol. The highest BCUT2D eigenvalue weighted by molar-refractivity contribution is 5.73. The molecule has 0 saturated heterocycles. The third kappa shape index (κ3) is 6.21. The SMILES string of the molecule is CCCN/C=C(/c1cccc(Cc2c3c(nn2C)CCc2cnc(Nc4ccn(CC)n4)nc2-3)c1)C(C)C(C)CC. The zero-order chi connectivity index (χ0) is 28.9. The van der Waals surface area contributed by atoms with Crippen molar-refractivity contribution in [2.24, 2.45) is 18.9 Å². The van der Waals surface area contributed by atoms with Crippen LogP contribution < -0.4 is 10.6 Å². The fraction of sp³-hybridized carbons (Fsp3) is 0.455. The van der Waals surface area contributed by atoms with E-state index in [1.54, 1.807) is 0 Å². The Morgan fingerprint density at radius 1 is 1.10 bits per heavy atom. The minimum absolute atomic E-state index is 0.460. The second kappa shape index (κ2) is 12.7. The van der Waals surface area contributed by atoms with E-state index in [1.807, 2.05) is 27.8 Å². The van der Waals surface area contributed by atoms with Crippen LogP contribution >= 0.6 is 0 Å². The van der Waals surface area contributed by atoms with Gasteiger partial charge in [-0.2, -0.15) is 10.2 Å². The maximum atomic E-state index is 5.00. The highest BCUT2D eigenvalue weighted by Gasteiger charge is 2.27. The van der Waals surface area contributed by atoms with Crippen LogP contribution in [0.1, 0.15) is 75.5 Å². The second-order valence-corrected chi connectivity index (χ2v) is 11.2. The molecule has 0 radical (unpaired) electrons. The first-order chi connectivity index (χ1) is 19.9. The Morgan fingerprint density at radius 3 is 2.71 bits per heavy atom. The van der Waals surface area contributed by atoms with Gasteiger partial charge in [-0.15, -0.1) is 0 Å². The van der Waals surface area contributed by atoms with Crippen molar-refractivity contribution < 1.29 is 0 Å². The topological polar surface area (TPSA) is 85.5 Å². The number of fused-ring (bicyclic) bond motifs is 3. The molecular weight excluding hydrogens is 508 g/mol. The zero-order valence-corrected chi connectivity index (χ0v) is 25.4. The number of rotatable bonds is 12. The number of aryl methyl sites for hydroxylation is 4. The quantitative estimate of drug-likeness (QED) is 0.194. The summed E-state index contributed by atoms with van der Waals surface area (Å²) < 4.78 is 3.93. The molecule has 2 N–H and O–H groups in total. The fourth-order valence-corrected chi connectivity index (χ4v) is 5.63. The third-order valence-electron chi connectivity index (χ3n) is 8.45. The van der Waals surface area contributed by atoms with Gasteiger partial charge >= 0.3 is 0 Å². The molecule has 4 aromatic rings. The van der Waals surface area contributed by atoms with Gasteiger partial charge < -0.3 is 10.6 Å². The number of hydrogen-bond acceptors (Lipinski definition) is 6. The van der Waals surface area contributed by atoms with Crippen molar-refractivity contribution in [2.45, 2.75) is 73.3 Å². The number of nitrogens with one attached hydrogen (secondary N) is 2. The molecule has 2 unspecified atom stereocenters. The molecule has 0 amide bonds. The second-order valence-electron chi connectivity index (χ2n) is 11.2. The number of nitrogens with zero attached hydrogens (tertiary/aromatic N) is 6. The highest BCUT2D eigenvalue weighted by Crippen LogP contribution is 2.37. The van der Waals surface area contributed by atoms with Gasteiger partial charge in [-0.25, -0.2) is 9.97 Å². The molecule has 1 aliphatic rings. The Balaban J connectivity index is 1.47. The predicted octanol–water partition coefficient (Wildman–Crippen LogP) is 6.55. The summed E-state index contributed by atoms with van der Waals surface area (Å²) in [7, 11) is 2.06. The van der Waals surface area contributed by atoms with Crippen molar-refractivity contribution in [3.05, 3.63) is 77.0 Å². The number of anilines is 2. The van der Waals surface area contributed by atoms with Crippen LogP contribution in [0.25, 0.3) is 16.8 Å². The van der Waals surface area contributed by atoms with Gasteiger partial charge in [0.1, 0.15) is 0 Å². The van der Waals surface area contributed by atoms with Gasteiger partial charge in [0.05, 0.1) is 17.1 Å². The van der Waals surface area contributed by atoms with Crippen LogP contribution in [-0.4, -0.2) is 36.1 Å². The summed E-state index contributed by atoms with van der Waals surface area (Å²) in [5.41, 5.74) is 9.53. The lowest BCUT2D eigenvalue weighted by Gasteiger charge is -2.23. The fourth-order valence-electron chi connectivity index (χ4n) is 5.63. The Bertz CT molecular complexity index is 1510. The molecular formula is C33H44N8. The van der Waals surface area contributed by atoms with Gasteiger partial charge in [-0.3, -0.25) is 9.36 Å². The van der Waals surface area contributed by atoms with Gasteiger partial charge in [-0.1, -0.05) is 58.4 Å².